The zero-order valence-electron chi connectivity index (χ0n) is 15.3. The highest BCUT2D eigenvalue weighted by molar-refractivity contribution is 6.09. The number of carbonyl (C=O) groups excluding carboxylic acids is 1. The molecule has 0 atom stereocenters. The van der Waals surface area contributed by atoms with Gasteiger partial charge in [0.15, 0.2) is 0 Å². The van der Waals surface area contributed by atoms with Gasteiger partial charge in [-0.1, -0.05) is 75.1 Å². The minimum Gasteiger partial charge on any atom is -0.335 e. The van der Waals surface area contributed by atoms with Crippen LogP contribution in [0.25, 0.3) is 5.57 Å². The molecule has 0 aliphatic rings. The molecule has 3 heteroatoms. The van der Waals surface area contributed by atoms with E-state index < -0.39 is 0 Å². The van der Waals surface area contributed by atoms with Gasteiger partial charge in [-0.3, -0.25) is 4.79 Å². The SMILES string of the molecule is C=C/C=C\C(=C/C)c1ncc(C(=O)C(/C=C\C)=C/C=C\C)[nH]1.CC. The molecule has 24 heavy (non-hydrogen) atoms. The number of imidazole rings is 1. The second-order valence-corrected chi connectivity index (χ2v) is 4.46. The van der Waals surface area contributed by atoms with E-state index in [2.05, 4.69) is 16.5 Å². The van der Waals surface area contributed by atoms with Crippen molar-refractivity contribution in [2.45, 2.75) is 34.6 Å². The highest BCUT2D eigenvalue weighted by atomic mass is 16.1. The van der Waals surface area contributed by atoms with Gasteiger partial charge in [-0.25, -0.2) is 4.98 Å². The van der Waals surface area contributed by atoms with Gasteiger partial charge in [0.25, 0.3) is 0 Å². The Labute approximate surface area is 145 Å². The number of aromatic amines is 1. The fourth-order valence-electron chi connectivity index (χ4n) is 1.81. The van der Waals surface area contributed by atoms with Gasteiger partial charge in [0.2, 0.25) is 5.78 Å². The molecule has 1 N–H and O–H groups in total. The van der Waals surface area contributed by atoms with E-state index in [9.17, 15) is 4.79 Å². The van der Waals surface area contributed by atoms with Crippen molar-refractivity contribution in [3.05, 3.63) is 84.6 Å². The summed E-state index contributed by atoms with van der Waals surface area (Å²) in [6.07, 6.45) is 18.1. The summed E-state index contributed by atoms with van der Waals surface area (Å²) >= 11 is 0. The molecule has 0 radical (unpaired) electrons. The number of hydrogen-bond acceptors (Lipinski definition) is 2. The van der Waals surface area contributed by atoms with Crippen LogP contribution in [0.2, 0.25) is 0 Å². The fourth-order valence-corrected chi connectivity index (χ4v) is 1.81. The van der Waals surface area contributed by atoms with E-state index in [0.717, 1.165) is 5.57 Å². The molecule has 128 valence electrons. The molecule has 0 saturated heterocycles. The van der Waals surface area contributed by atoms with Crippen molar-refractivity contribution >= 4 is 11.4 Å². The smallest absolute Gasteiger partial charge is 0.210 e. The minimum atomic E-state index is -0.0851. The monoisotopic (exact) mass is 324 g/mol. The van der Waals surface area contributed by atoms with Crippen molar-refractivity contribution in [3.63, 3.8) is 0 Å². The molecule has 0 unspecified atom stereocenters. The highest BCUT2D eigenvalue weighted by Crippen LogP contribution is 2.15. The van der Waals surface area contributed by atoms with Crippen molar-refractivity contribution in [1.29, 1.82) is 0 Å². The molecule has 0 aliphatic carbocycles. The van der Waals surface area contributed by atoms with Crippen molar-refractivity contribution < 1.29 is 4.79 Å². The quantitative estimate of drug-likeness (QED) is 0.389. The Morgan fingerprint density at radius 1 is 1.12 bits per heavy atom. The summed E-state index contributed by atoms with van der Waals surface area (Å²) in [7, 11) is 0. The molecule has 0 aromatic carbocycles. The van der Waals surface area contributed by atoms with Gasteiger partial charge >= 0.3 is 0 Å². The fraction of sp³-hybridized carbons (Fsp3) is 0.238. The molecule has 0 bridgehead atoms. The molecule has 0 aliphatic heterocycles. The first-order valence-corrected chi connectivity index (χ1v) is 8.19. The maximum absolute atomic E-state index is 12.5. The summed E-state index contributed by atoms with van der Waals surface area (Å²) in [6.45, 7) is 13.4. The lowest BCUT2D eigenvalue weighted by atomic mass is 10.1. The average Bonchev–Trinajstić information content (AvgIpc) is 3.10. The third kappa shape index (κ3) is 6.61. The van der Waals surface area contributed by atoms with Crippen molar-refractivity contribution in [2.24, 2.45) is 0 Å². The number of ketones is 1. The lowest BCUT2D eigenvalue weighted by Gasteiger charge is -1.99. The number of H-pyrrole nitrogens is 1. The number of allylic oxidation sites excluding steroid dienone is 11. The summed E-state index contributed by atoms with van der Waals surface area (Å²) in [5, 5.41) is 0. The van der Waals surface area contributed by atoms with Crippen LogP contribution in [0.15, 0.2) is 73.0 Å². The van der Waals surface area contributed by atoms with E-state index >= 15 is 0 Å². The third-order valence-corrected chi connectivity index (χ3v) is 2.89. The summed E-state index contributed by atoms with van der Waals surface area (Å²) < 4.78 is 0. The standard InChI is InChI=1S/C19H22N2O.C2H6/c1-5-9-12-15(8-4)19-20-14-17(21-19)18(22)16(11-7-3)13-10-6-2;1-2/h5-14H,1H2,2-4H3,(H,20,21);1-2H3/b10-6-,11-7-,12-9-,15-8+,16-13+;. The third-order valence-electron chi connectivity index (χ3n) is 2.89. The summed E-state index contributed by atoms with van der Waals surface area (Å²) in [6, 6.07) is 0. The zero-order valence-corrected chi connectivity index (χ0v) is 15.3. The topological polar surface area (TPSA) is 45.8 Å². The second-order valence-electron chi connectivity index (χ2n) is 4.46. The van der Waals surface area contributed by atoms with Gasteiger partial charge in [0.1, 0.15) is 11.5 Å². The lowest BCUT2D eigenvalue weighted by molar-refractivity contribution is 0.103. The van der Waals surface area contributed by atoms with Gasteiger partial charge < -0.3 is 4.98 Å². The molecular weight excluding hydrogens is 296 g/mol. The molecule has 1 aromatic rings. The zero-order chi connectivity index (χ0) is 18.4. The van der Waals surface area contributed by atoms with Crippen LogP contribution in [-0.4, -0.2) is 15.8 Å². The van der Waals surface area contributed by atoms with Crippen LogP contribution in [0.1, 0.15) is 50.9 Å². The first-order chi connectivity index (χ1) is 11.7. The van der Waals surface area contributed by atoms with Crippen LogP contribution in [0.5, 0.6) is 0 Å². The van der Waals surface area contributed by atoms with E-state index in [1.165, 1.54) is 0 Å². The maximum atomic E-state index is 12.5. The highest BCUT2D eigenvalue weighted by Gasteiger charge is 2.13. The maximum Gasteiger partial charge on any atom is 0.210 e. The first kappa shape index (κ1) is 21.3. The van der Waals surface area contributed by atoms with Crippen LogP contribution in [-0.2, 0) is 0 Å². The van der Waals surface area contributed by atoms with Gasteiger partial charge in [0, 0.05) is 11.1 Å². The van der Waals surface area contributed by atoms with Crippen LogP contribution in [0, 0.1) is 0 Å². The number of hydrogen-bond donors (Lipinski definition) is 1. The van der Waals surface area contributed by atoms with Gasteiger partial charge in [-0.15, -0.1) is 0 Å². The summed E-state index contributed by atoms with van der Waals surface area (Å²) in [4.78, 5) is 19.9. The van der Waals surface area contributed by atoms with E-state index in [1.807, 2.05) is 71.1 Å². The molecule has 0 amide bonds. The normalized spacial score (nSPS) is 12.7. The Bertz CT molecular complexity index is 668. The number of nitrogens with one attached hydrogen (secondary N) is 1. The molecule has 1 rings (SSSR count). The average molecular weight is 324 g/mol. The number of aromatic nitrogens is 2. The van der Waals surface area contributed by atoms with Crippen molar-refractivity contribution in [2.75, 3.05) is 0 Å². The molecular formula is C21H28N2O. The lowest BCUT2D eigenvalue weighted by Crippen LogP contribution is -2.02. The van der Waals surface area contributed by atoms with Crippen LogP contribution in [0.3, 0.4) is 0 Å². The van der Waals surface area contributed by atoms with E-state index in [0.29, 0.717) is 17.1 Å². The second kappa shape index (κ2) is 12.8. The predicted octanol–water partition coefficient (Wildman–Crippen LogP) is 5.84. The van der Waals surface area contributed by atoms with Crippen LogP contribution < -0.4 is 0 Å². The van der Waals surface area contributed by atoms with Gasteiger partial charge in [-0.2, -0.15) is 0 Å². The molecule has 1 aromatic heterocycles. The van der Waals surface area contributed by atoms with Gasteiger partial charge in [-0.05, 0) is 20.8 Å². The number of nitrogens with zero attached hydrogens (tertiary/aromatic N) is 1. The molecule has 0 saturated carbocycles. The summed E-state index contributed by atoms with van der Waals surface area (Å²) in [5.74, 6) is 0.577. The Morgan fingerprint density at radius 2 is 1.83 bits per heavy atom. The van der Waals surface area contributed by atoms with Crippen LogP contribution >= 0.6 is 0 Å². The molecule has 3 nitrogen and oxygen atoms in total. The number of carbonyl (C=O) groups is 1. The number of Topliss-reactive ketones (excluding diaryl/α,β-unsaturated/α-hetero) is 1. The Balaban J connectivity index is 0.00000254. The van der Waals surface area contributed by atoms with Crippen molar-refractivity contribution in [1.82, 2.24) is 9.97 Å². The molecule has 0 spiro atoms. The summed E-state index contributed by atoms with van der Waals surface area (Å²) in [5.41, 5.74) is 1.98. The Hall–Kier alpha value is -2.68. The van der Waals surface area contributed by atoms with E-state index in [4.69, 9.17) is 0 Å². The van der Waals surface area contributed by atoms with Crippen LogP contribution in [0.4, 0.5) is 0 Å². The first-order valence-electron chi connectivity index (χ1n) is 8.19. The Kier molecular flexibility index (Phi) is 11.4. The van der Waals surface area contributed by atoms with E-state index in [1.54, 1.807) is 24.4 Å². The largest absolute Gasteiger partial charge is 0.335 e. The molecule has 1 heterocycles. The number of rotatable bonds is 7. The van der Waals surface area contributed by atoms with Crippen molar-refractivity contribution in [3.8, 4) is 0 Å². The minimum absolute atomic E-state index is 0.0851. The Morgan fingerprint density at radius 3 is 2.38 bits per heavy atom. The van der Waals surface area contributed by atoms with E-state index in [-0.39, 0.29) is 5.78 Å². The predicted molar refractivity (Wildman–Crippen MR) is 105 cm³/mol. The van der Waals surface area contributed by atoms with Gasteiger partial charge in [0.05, 0.1) is 6.20 Å². The molecule has 0 fully saturated rings.